The Kier molecular flexibility index (Phi) is 5.63. The lowest BCUT2D eigenvalue weighted by atomic mass is 10.2. The van der Waals surface area contributed by atoms with Gasteiger partial charge < -0.3 is 5.32 Å². The molecule has 0 atom stereocenters. The maximum Gasteiger partial charge on any atom is 0.270 e. The molecule has 0 fully saturated rings. The number of carbonyl (C=O) groups excluding carboxylic acids is 1. The number of hydrogen-bond acceptors (Lipinski definition) is 5. The average molecular weight is 348 g/mol. The van der Waals surface area contributed by atoms with Crippen molar-refractivity contribution in [3.63, 3.8) is 0 Å². The van der Waals surface area contributed by atoms with Crippen LogP contribution < -0.4 is 10.0 Å². The number of aromatic nitrogens is 2. The minimum Gasteiger partial charge on any atom is -0.349 e. The second-order valence-electron chi connectivity index (χ2n) is 5.41. The Hall–Kier alpha value is -2.32. The summed E-state index contributed by atoms with van der Waals surface area (Å²) in [7, 11) is -3.61. The minimum atomic E-state index is -3.61. The fraction of sp³-hybridized carbons (Fsp3) is 0.312. The molecule has 1 heterocycles. The summed E-state index contributed by atoms with van der Waals surface area (Å²) in [5.41, 5.74) is 1.79. The van der Waals surface area contributed by atoms with Crippen molar-refractivity contribution in [2.75, 3.05) is 13.1 Å². The van der Waals surface area contributed by atoms with Gasteiger partial charge in [0.15, 0.2) is 0 Å². The summed E-state index contributed by atoms with van der Waals surface area (Å²) in [5.74, 6) is 0.129. The molecule has 0 aliphatic rings. The van der Waals surface area contributed by atoms with Crippen molar-refractivity contribution >= 4 is 15.9 Å². The van der Waals surface area contributed by atoms with Crippen LogP contribution >= 0.6 is 0 Å². The average Bonchev–Trinajstić information content (AvgIpc) is 2.53. The molecular formula is C16H20N4O3S. The van der Waals surface area contributed by atoms with Crippen LogP contribution in [-0.2, 0) is 10.0 Å². The third-order valence-electron chi connectivity index (χ3n) is 3.34. The maximum absolute atomic E-state index is 12.3. The van der Waals surface area contributed by atoms with Crippen molar-refractivity contribution in [2.45, 2.75) is 25.7 Å². The van der Waals surface area contributed by atoms with Gasteiger partial charge >= 0.3 is 0 Å². The van der Waals surface area contributed by atoms with Crippen LogP contribution in [0.3, 0.4) is 0 Å². The number of carbonyl (C=O) groups is 1. The summed E-state index contributed by atoms with van der Waals surface area (Å²) in [6.45, 7) is 5.52. The zero-order valence-corrected chi connectivity index (χ0v) is 14.6. The molecule has 8 heteroatoms. The Labute approximate surface area is 141 Å². The van der Waals surface area contributed by atoms with E-state index >= 15 is 0 Å². The van der Waals surface area contributed by atoms with Gasteiger partial charge in [-0.3, -0.25) is 4.79 Å². The van der Waals surface area contributed by atoms with E-state index in [-0.39, 0.29) is 29.6 Å². The van der Waals surface area contributed by atoms with Crippen LogP contribution in [0.2, 0.25) is 0 Å². The third-order valence-corrected chi connectivity index (χ3v) is 4.95. The van der Waals surface area contributed by atoms with Crippen molar-refractivity contribution in [3.8, 4) is 0 Å². The molecule has 2 N–H and O–H groups in total. The van der Waals surface area contributed by atoms with Crippen molar-refractivity contribution in [3.05, 3.63) is 53.1 Å². The van der Waals surface area contributed by atoms with Crippen LogP contribution in [0.5, 0.6) is 0 Å². The second kappa shape index (κ2) is 7.50. The highest BCUT2D eigenvalue weighted by atomic mass is 32.2. The summed E-state index contributed by atoms with van der Waals surface area (Å²) in [6, 6.07) is 6.75. The lowest BCUT2D eigenvalue weighted by molar-refractivity contribution is 0.0949. The number of nitrogens with one attached hydrogen (secondary N) is 2. The molecule has 0 aliphatic carbocycles. The molecule has 0 unspecified atom stereocenters. The molecular weight excluding hydrogens is 328 g/mol. The number of aryl methyl sites for hydroxylation is 3. The quantitative estimate of drug-likeness (QED) is 0.762. The Balaban J connectivity index is 1.92. The summed E-state index contributed by atoms with van der Waals surface area (Å²) in [6.07, 6.45) is 1.50. The molecule has 0 radical (unpaired) electrons. The Morgan fingerprint density at radius 3 is 2.58 bits per heavy atom. The molecule has 24 heavy (non-hydrogen) atoms. The molecule has 1 amide bonds. The van der Waals surface area contributed by atoms with E-state index in [9.17, 15) is 13.2 Å². The van der Waals surface area contributed by atoms with Gasteiger partial charge in [0.05, 0.1) is 4.90 Å². The van der Waals surface area contributed by atoms with E-state index in [4.69, 9.17) is 0 Å². The molecule has 128 valence electrons. The van der Waals surface area contributed by atoms with Gasteiger partial charge in [0, 0.05) is 19.3 Å². The van der Waals surface area contributed by atoms with E-state index in [0.29, 0.717) is 11.4 Å². The number of rotatable bonds is 6. The lowest BCUT2D eigenvalue weighted by Gasteiger charge is -2.10. The SMILES string of the molecule is Cc1ccc(C)c(S(=O)(=O)NCCNC(=O)c2ccnc(C)n2)c1. The molecule has 7 nitrogen and oxygen atoms in total. The van der Waals surface area contributed by atoms with Crippen molar-refractivity contribution in [1.29, 1.82) is 0 Å². The fourth-order valence-corrected chi connectivity index (χ4v) is 3.47. The summed E-state index contributed by atoms with van der Waals surface area (Å²) < 4.78 is 27.1. The highest BCUT2D eigenvalue weighted by Crippen LogP contribution is 2.16. The first-order valence-electron chi connectivity index (χ1n) is 7.44. The number of hydrogen-bond donors (Lipinski definition) is 2. The van der Waals surface area contributed by atoms with Crippen LogP contribution in [0.15, 0.2) is 35.4 Å². The fourth-order valence-electron chi connectivity index (χ4n) is 2.11. The summed E-state index contributed by atoms with van der Waals surface area (Å²) >= 11 is 0. The van der Waals surface area contributed by atoms with Gasteiger partial charge in [0.2, 0.25) is 10.0 Å². The van der Waals surface area contributed by atoms with E-state index < -0.39 is 10.0 Å². The Bertz CT molecular complexity index is 850. The molecule has 0 aliphatic heterocycles. The van der Waals surface area contributed by atoms with Gasteiger partial charge in [0.1, 0.15) is 11.5 Å². The maximum atomic E-state index is 12.3. The minimum absolute atomic E-state index is 0.0888. The zero-order valence-electron chi connectivity index (χ0n) is 13.8. The summed E-state index contributed by atoms with van der Waals surface area (Å²) in [5, 5.41) is 2.62. The number of amides is 1. The molecule has 0 spiro atoms. The normalized spacial score (nSPS) is 11.3. The van der Waals surface area contributed by atoms with Gasteiger partial charge in [-0.25, -0.2) is 23.1 Å². The van der Waals surface area contributed by atoms with Gasteiger partial charge in [0.25, 0.3) is 5.91 Å². The van der Waals surface area contributed by atoms with E-state index in [1.165, 1.54) is 12.3 Å². The zero-order chi connectivity index (χ0) is 17.7. The number of nitrogens with zero attached hydrogens (tertiary/aromatic N) is 2. The highest BCUT2D eigenvalue weighted by molar-refractivity contribution is 7.89. The first kappa shape index (κ1) is 18.0. The van der Waals surface area contributed by atoms with E-state index in [1.807, 2.05) is 13.0 Å². The molecule has 1 aromatic carbocycles. The topological polar surface area (TPSA) is 101 Å². The number of benzene rings is 1. The van der Waals surface area contributed by atoms with Crippen LogP contribution in [0.1, 0.15) is 27.4 Å². The highest BCUT2D eigenvalue weighted by Gasteiger charge is 2.16. The lowest BCUT2D eigenvalue weighted by Crippen LogP contribution is -2.35. The van der Waals surface area contributed by atoms with Crippen molar-refractivity contribution in [1.82, 2.24) is 20.0 Å². The standard InChI is InChI=1S/C16H20N4O3S/c1-11-4-5-12(2)15(10-11)24(22,23)19-9-8-18-16(21)14-6-7-17-13(3)20-14/h4-7,10,19H,8-9H2,1-3H3,(H,18,21). The third kappa shape index (κ3) is 4.59. The predicted molar refractivity (Wildman–Crippen MR) is 90.2 cm³/mol. The smallest absolute Gasteiger partial charge is 0.270 e. The van der Waals surface area contributed by atoms with E-state index in [2.05, 4.69) is 20.0 Å². The first-order chi connectivity index (χ1) is 11.3. The van der Waals surface area contributed by atoms with Gasteiger partial charge in [-0.1, -0.05) is 12.1 Å². The largest absolute Gasteiger partial charge is 0.349 e. The van der Waals surface area contributed by atoms with E-state index in [0.717, 1.165) is 5.56 Å². The molecule has 0 saturated carbocycles. The van der Waals surface area contributed by atoms with Crippen LogP contribution in [0.25, 0.3) is 0 Å². The molecule has 0 bridgehead atoms. The van der Waals surface area contributed by atoms with Crippen LogP contribution in [-0.4, -0.2) is 37.4 Å². The number of sulfonamides is 1. The second-order valence-corrected chi connectivity index (χ2v) is 7.15. The van der Waals surface area contributed by atoms with Crippen molar-refractivity contribution in [2.24, 2.45) is 0 Å². The first-order valence-corrected chi connectivity index (χ1v) is 8.93. The van der Waals surface area contributed by atoms with Gasteiger partial charge in [-0.15, -0.1) is 0 Å². The molecule has 2 rings (SSSR count). The predicted octanol–water partition coefficient (Wildman–Crippen LogP) is 1.11. The molecule has 0 saturated heterocycles. The molecule has 2 aromatic rings. The molecule has 1 aromatic heterocycles. The Morgan fingerprint density at radius 2 is 1.88 bits per heavy atom. The van der Waals surface area contributed by atoms with Crippen molar-refractivity contribution < 1.29 is 13.2 Å². The van der Waals surface area contributed by atoms with Crippen LogP contribution in [0.4, 0.5) is 0 Å². The summed E-state index contributed by atoms with van der Waals surface area (Å²) in [4.78, 5) is 20.1. The monoisotopic (exact) mass is 348 g/mol. The van der Waals surface area contributed by atoms with E-state index in [1.54, 1.807) is 26.0 Å². The van der Waals surface area contributed by atoms with Gasteiger partial charge in [-0.2, -0.15) is 0 Å². The van der Waals surface area contributed by atoms with Gasteiger partial charge in [-0.05, 0) is 44.0 Å². The van der Waals surface area contributed by atoms with Crippen LogP contribution in [0, 0.1) is 20.8 Å². The Morgan fingerprint density at radius 1 is 1.12 bits per heavy atom.